The normalized spacial score (nSPS) is 23.9. The predicted octanol–water partition coefficient (Wildman–Crippen LogP) is -0.943. The van der Waals surface area contributed by atoms with Crippen molar-refractivity contribution >= 4 is 11.6 Å². The Labute approximate surface area is 118 Å². The molecule has 1 aromatic rings. The zero-order valence-corrected chi connectivity index (χ0v) is 11.8. The predicted molar refractivity (Wildman–Crippen MR) is 74.6 cm³/mol. The summed E-state index contributed by atoms with van der Waals surface area (Å²) in [5.74, 6) is 0.163. The van der Waals surface area contributed by atoms with E-state index in [-0.39, 0.29) is 11.9 Å². The van der Waals surface area contributed by atoms with Crippen LogP contribution >= 0.6 is 0 Å². The monoisotopic (exact) mass is 279 g/mol. The average Bonchev–Trinajstić information content (AvgIpc) is 2.94. The number of hydrogen-bond donors (Lipinski definition) is 1. The van der Waals surface area contributed by atoms with Crippen molar-refractivity contribution in [1.82, 2.24) is 20.0 Å². The van der Waals surface area contributed by atoms with Gasteiger partial charge in [-0.15, -0.1) is 0 Å². The minimum absolute atomic E-state index is 0.163. The topological polar surface area (TPSA) is 62.6 Å². The van der Waals surface area contributed by atoms with E-state index in [9.17, 15) is 4.79 Å². The molecule has 3 heterocycles. The fourth-order valence-electron chi connectivity index (χ4n) is 2.70. The van der Waals surface area contributed by atoms with Gasteiger partial charge >= 0.3 is 0 Å². The third-order valence-electron chi connectivity index (χ3n) is 3.87. The summed E-state index contributed by atoms with van der Waals surface area (Å²) in [6.45, 7) is 5.15. The van der Waals surface area contributed by atoms with Gasteiger partial charge in [0.15, 0.2) is 0 Å². The molecule has 1 unspecified atom stereocenters. The van der Waals surface area contributed by atoms with E-state index >= 15 is 0 Å². The molecular weight excluding hydrogens is 258 g/mol. The molecule has 0 spiro atoms. The van der Waals surface area contributed by atoms with Gasteiger partial charge in [0.25, 0.3) is 0 Å². The van der Waals surface area contributed by atoms with Crippen molar-refractivity contribution in [2.75, 3.05) is 50.8 Å². The van der Waals surface area contributed by atoms with Crippen LogP contribution in [0.3, 0.4) is 0 Å². The maximum Gasteiger partial charge on any atom is 0.242 e. The second-order valence-electron chi connectivity index (χ2n) is 5.27. The van der Waals surface area contributed by atoms with Crippen molar-refractivity contribution in [3.05, 3.63) is 12.4 Å². The molecule has 1 N–H and O–H groups in total. The maximum absolute atomic E-state index is 12.3. The Bertz CT molecular complexity index is 461. The number of carbonyl (C=O) groups is 1. The Morgan fingerprint density at radius 1 is 1.40 bits per heavy atom. The van der Waals surface area contributed by atoms with E-state index in [1.165, 1.54) is 0 Å². The number of aromatic nitrogens is 2. The molecule has 0 radical (unpaired) electrons. The van der Waals surface area contributed by atoms with E-state index in [0.29, 0.717) is 13.2 Å². The molecule has 2 fully saturated rings. The molecule has 7 heteroatoms. The first kappa shape index (κ1) is 13.4. The van der Waals surface area contributed by atoms with Crippen LogP contribution in [0.15, 0.2) is 12.4 Å². The Morgan fingerprint density at radius 2 is 2.20 bits per heavy atom. The number of hydrogen-bond acceptors (Lipinski definition) is 5. The lowest BCUT2D eigenvalue weighted by molar-refractivity contribution is -0.136. The molecule has 2 aliphatic rings. The number of nitrogens with zero attached hydrogens (tertiary/aromatic N) is 4. The highest BCUT2D eigenvalue weighted by Gasteiger charge is 2.28. The van der Waals surface area contributed by atoms with Crippen LogP contribution in [-0.2, 0) is 16.6 Å². The molecule has 2 saturated heterocycles. The maximum atomic E-state index is 12.3. The number of carbonyl (C=O) groups excluding carboxylic acids is 1. The summed E-state index contributed by atoms with van der Waals surface area (Å²) in [5, 5.41) is 7.41. The van der Waals surface area contributed by atoms with E-state index in [1.807, 2.05) is 24.3 Å². The number of anilines is 1. The van der Waals surface area contributed by atoms with Gasteiger partial charge in [-0.1, -0.05) is 0 Å². The molecule has 2 aliphatic heterocycles. The van der Waals surface area contributed by atoms with Gasteiger partial charge in [0.2, 0.25) is 5.91 Å². The SMILES string of the molecule is Cn1cc(N2CCN(C(=O)C3COCCN3)CC2)cn1. The van der Waals surface area contributed by atoms with Crippen LogP contribution < -0.4 is 10.2 Å². The van der Waals surface area contributed by atoms with Crippen LogP contribution in [0.25, 0.3) is 0 Å². The standard InChI is InChI=1S/C13H21N5O2/c1-16-9-11(8-15-16)17-3-5-18(6-4-17)13(19)12-10-20-7-2-14-12/h8-9,12,14H,2-7,10H2,1H3. The largest absolute Gasteiger partial charge is 0.378 e. The molecule has 1 atom stereocenters. The lowest BCUT2D eigenvalue weighted by Crippen LogP contribution is -2.57. The fourth-order valence-corrected chi connectivity index (χ4v) is 2.70. The van der Waals surface area contributed by atoms with E-state index in [2.05, 4.69) is 15.3 Å². The van der Waals surface area contributed by atoms with E-state index in [1.54, 1.807) is 4.68 Å². The molecule has 0 aliphatic carbocycles. The molecule has 1 aromatic heterocycles. The van der Waals surface area contributed by atoms with Crippen molar-refractivity contribution in [3.8, 4) is 0 Å². The third-order valence-corrected chi connectivity index (χ3v) is 3.87. The van der Waals surface area contributed by atoms with Crippen LogP contribution in [-0.4, -0.2) is 72.6 Å². The van der Waals surface area contributed by atoms with E-state index in [0.717, 1.165) is 38.4 Å². The van der Waals surface area contributed by atoms with Gasteiger partial charge in [-0.3, -0.25) is 9.48 Å². The van der Waals surface area contributed by atoms with Crippen LogP contribution in [0.1, 0.15) is 0 Å². The first-order valence-electron chi connectivity index (χ1n) is 7.07. The van der Waals surface area contributed by atoms with Gasteiger partial charge < -0.3 is 19.9 Å². The Kier molecular flexibility index (Phi) is 3.88. The number of amides is 1. The summed E-state index contributed by atoms with van der Waals surface area (Å²) in [6, 6.07) is -0.173. The fraction of sp³-hybridized carbons (Fsp3) is 0.692. The number of rotatable bonds is 2. The van der Waals surface area contributed by atoms with Gasteiger partial charge in [-0.05, 0) is 0 Å². The molecular formula is C13H21N5O2. The summed E-state index contributed by atoms with van der Waals surface area (Å²) in [5.41, 5.74) is 1.12. The highest BCUT2D eigenvalue weighted by molar-refractivity contribution is 5.82. The quantitative estimate of drug-likeness (QED) is 0.757. The summed E-state index contributed by atoms with van der Waals surface area (Å²) in [4.78, 5) is 16.5. The Hall–Kier alpha value is -1.60. The van der Waals surface area contributed by atoms with Crippen molar-refractivity contribution < 1.29 is 9.53 Å². The smallest absolute Gasteiger partial charge is 0.242 e. The van der Waals surface area contributed by atoms with Gasteiger partial charge in [0.1, 0.15) is 6.04 Å². The molecule has 0 aromatic carbocycles. The zero-order valence-electron chi connectivity index (χ0n) is 11.8. The van der Waals surface area contributed by atoms with Gasteiger partial charge in [-0.2, -0.15) is 5.10 Å². The van der Waals surface area contributed by atoms with Crippen LogP contribution in [0.5, 0.6) is 0 Å². The highest BCUT2D eigenvalue weighted by atomic mass is 16.5. The van der Waals surface area contributed by atoms with Crippen molar-refractivity contribution in [2.24, 2.45) is 7.05 Å². The number of ether oxygens (including phenoxy) is 1. The average molecular weight is 279 g/mol. The number of morpholine rings is 1. The molecule has 7 nitrogen and oxygen atoms in total. The number of nitrogens with one attached hydrogen (secondary N) is 1. The first-order chi connectivity index (χ1) is 9.74. The third kappa shape index (κ3) is 2.78. The summed E-state index contributed by atoms with van der Waals surface area (Å²) in [7, 11) is 1.91. The van der Waals surface area contributed by atoms with Crippen LogP contribution in [0.2, 0.25) is 0 Å². The van der Waals surface area contributed by atoms with Crippen molar-refractivity contribution in [2.45, 2.75) is 6.04 Å². The molecule has 1 amide bonds. The van der Waals surface area contributed by atoms with E-state index < -0.39 is 0 Å². The highest BCUT2D eigenvalue weighted by Crippen LogP contribution is 2.15. The first-order valence-corrected chi connectivity index (χ1v) is 7.07. The lowest BCUT2D eigenvalue weighted by atomic mass is 10.2. The lowest BCUT2D eigenvalue weighted by Gasteiger charge is -2.37. The number of aryl methyl sites for hydroxylation is 1. The van der Waals surface area contributed by atoms with Crippen molar-refractivity contribution in [3.63, 3.8) is 0 Å². The molecule has 3 rings (SSSR count). The van der Waals surface area contributed by atoms with Crippen LogP contribution in [0.4, 0.5) is 5.69 Å². The molecule has 0 saturated carbocycles. The molecule has 20 heavy (non-hydrogen) atoms. The molecule has 0 bridgehead atoms. The number of piperazine rings is 1. The Balaban J connectivity index is 1.54. The second kappa shape index (κ2) is 5.80. The van der Waals surface area contributed by atoms with Gasteiger partial charge in [0.05, 0.1) is 25.1 Å². The Morgan fingerprint density at radius 3 is 2.80 bits per heavy atom. The minimum Gasteiger partial charge on any atom is -0.378 e. The summed E-state index contributed by atoms with van der Waals surface area (Å²) in [6.07, 6.45) is 3.88. The summed E-state index contributed by atoms with van der Waals surface area (Å²) >= 11 is 0. The van der Waals surface area contributed by atoms with Crippen LogP contribution in [0, 0.1) is 0 Å². The molecule has 110 valence electrons. The van der Waals surface area contributed by atoms with Gasteiger partial charge in [-0.25, -0.2) is 0 Å². The van der Waals surface area contributed by atoms with Crippen molar-refractivity contribution in [1.29, 1.82) is 0 Å². The van der Waals surface area contributed by atoms with E-state index in [4.69, 9.17) is 4.74 Å². The summed E-state index contributed by atoms with van der Waals surface area (Å²) < 4.78 is 7.16. The second-order valence-corrected chi connectivity index (χ2v) is 5.27. The zero-order chi connectivity index (χ0) is 13.9. The minimum atomic E-state index is -0.173. The van der Waals surface area contributed by atoms with Gasteiger partial charge in [0, 0.05) is 46.0 Å².